The largest absolute Gasteiger partial charge is 0.0845 e. The fourth-order valence-electron chi connectivity index (χ4n) is 8.67. The molecule has 0 N–H and O–H groups in total. The zero-order chi connectivity index (χ0) is 15.8. The van der Waals surface area contributed by atoms with Gasteiger partial charge < -0.3 is 0 Å². The molecule has 4 saturated carbocycles. The van der Waals surface area contributed by atoms with Gasteiger partial charge in [-0.15, -0.1) is 0 Å². The summed E-state index contributed by atoms with van der Waals surface area (Å²) in [6.45, 7) is 7.81. The van der Waals surface area contributed by atoms with E-state index in [4.69, 9.17) is 0 Å². The summed E-state index contributed by atoms with van der Waals surface area (Å²) in [6, 6.07) is 0. The van der Waals surface area contributed by atoms with Crippen LogP contribution in [0.2, 0.25) is 0 Å². The molecule has 0 radical (unpaired) electrons. The lowest BCUT2D eigenvalue weighted by atomic mass is 9.46. The Labute approximate surface area is 143 Å². The van der Waals surface area contributed by atoms with Gasteiger partial charge in [0.15, 0.2) is 0 Å². The molecule has 0 aromatic rings. The molecule has 5 aliphatic carbocycles. The minimum absolute atomic E-state index is 0.593. The molecule has 5 rings (SSSR count). The van der Waals surface area contributed by atoms with Crippen molar-refractivity contribution in [1.82, 2.24) is 0 Å². The van der Waals surface area contributed by atoms with E-state index in [2.05, 4.69) is 26.8 Å². The Hall–Kier alpha value is -0.260. The molecule has 0 heteroatoms. The summed E-state index contributed by atoms with van der Waals surface area (Å²) in [5.41, 5.74) is 3.18. The van der Waals surface area contributed by atoms with Crippen LogP contribution >= 0.6 is 0 Å². The molecule has 0 unspecified atom stereocenters. The van der Waals surface area contributed by atoms with Crippen LogP contribution in [0, 0.1) is 46.3 Å². The Bertz CT molecular complexity index is 530. The quantitative estimate of drug-likeness (QED) is 0.503. The number of rotatable bonds is 2. The predicted octanol–water partition coefficient (Wildman–Crippen LogP) is 6.61. The van der Waals surface area contributed by atoms with E-state index in [1.807, 2.05) is 5.57 Å². The van der Waals surface area contributed by atoms with E-state index in [9.17, 15) is 0 Å². The maximum Gasteiger partial charge on any atom is -0.00853 e. The van der Waals surface area contributed by atoms with Gasteiger partial charge in [0.25, 0.3) is 0 Å². The summed E-state index contributed by atoms with van der Waals surface area (Å²) < 4.78 is 0. The number of allylic oxidation sites excluding steroid dienone is 2. The molecule has 0 amide bonds. The monoisotopic (exact) mass is 312 g/mol. The van der Waals surface area contributed by atoms with Gasteiger partial charge in [-0.1, -0.05) is 45.3 Å². The Kier molecular flexibility index (Phi) is 3.19. The van der Waals surface area contributed by atoms with Crippen LogP contribution in [-0.2, 0) is 0 Å². The highest BCUT2D eigenvalue weighted by atomic mass is 14.7. The third-order valence-corrected chi connectivity index (χ3v) is 9.63. The van der Waals surface area contributed by atoms with Crippen molar-refractivity contribution in [2.24, 2.45) is 46.3 Å². The van der Waals surface area contributed by atoms with Gasteiger partial charge in [0.05, 0.1) is 0 Å². The van der Waals surface area contributed by atoms with Crippen LogP contribution in [-0.4, -0.2) is 0 Å². The minimum Gasteiger partial charge on any atom is -0.0845 e. The van der Waals surface area contributed by atoms with E-state index in [0.29, 0.717) is 10.8 Å². The molecule has 5 aliphatic rings. The zero-order valence-electron chi connectivity index (χ0n) is 15.6. The molecule has 23 heavy (non-hydrogen) atoms. The Morgan fingerprint density at radius 3 is 2.78 bits per heavy atom. The summed E-state index contributed by atoms with van der Waals surface area (Å²) in [6.07, 6.45) is 17.7. The van der Waals surface area contributed by atoms with E-state index >= 15 is 0 Å². The first-order valence-corrected chi connectivity index (χ1v) is 10.8. The third-order valence-electron chi connectivity index (χ3n) is 9.63. The second kappa shape index (κ2) is 4.89. The Morgan fingerprint density at radius 2 is 1.96 bits per heavy atom. The van der Waals surface area contributed by atoms with E-state index < -0.39 is 0 Å². The van der Waals surface area contributed by atoms with E-state index in [0.717, 1.165) is 35.5 Å². The standard InChI is InChI=1S/C23H36/c1-4-7-19-17-14-18(17)21-16-10-9-15-8-5-6-12-22(15,2)20(16)11-13-23(19,21)3/h9,16-21H,4-8,10-14H2,1-3H3/t16-,17+,18-,19-,20+,21-,22+,23-/m1/s1. The van der Waals surface area contributed by atoms with Crippen LogP contribution in [0.5, 0.6) is 0 Å². The van der Waals surface area contributed by atoms with E-state index in [1.54, 1.807) is 19.3 Å². The van der Waals surface area contributed by atoms with Crippen molar-refractivity contribution >= 4 is 0 Å². The first kappa shape index (κ1) is 15.0. The van der Waals surface area contributed by atoms with Gasteiger partial charge in [-0.25, -0.2) is 0 Å². The van der Waals surface area contributed by atoms with Gasteiger partial charge in [0.1, 0.15) is 0 Å². The van der Waals surface area contributed by atoms with Crippen molar-refractivity contribution in [3.05, 3.63) is 11.6 Å². The molecule has 0 spiro atoms. The molecular weight excluding hydrogens is 276 g/mol. The molecule has 0 nitrogen and oxygen atoms in total. The maximum atomic E-state index is 2.75. The molecule has 0 saturated heterocycles. The lowest BCUT2D eigenvalue weighted by Gasteiger charge is -2.58. The first-order chi connectivity index (χ1) is 11.1. The Morgan fingerprint density at radius 1 is 1.09 bits per heavy atom. The van der Waals surface area contributed by atoms with Gasteiger partial charge >= 0.3 is 0 Å². The highest BCUT2D eigenvalue weighted by Crippen LogP contribution is 2.75. The average molecular weight is 313 g/mol. The zero-order valence-corrected chi connectivity index (χ0v) is 15.6. The highest BCUT2D eigenvalue weighted by Gasteiger charge is 2.69. The summed E-state index contributed by atoms with van der Waals surface area (Å²) in [4.78, 5) is 0. The van der Waals surface area contributed by atoms with Crippen molar-refractivity contribution in [2.45, 2.75) is 85.0 Å². The molecule has 8 atom stereocenters. The molecule has 0 aromatic heterocycles. The summed E-state index contributed by atoms with van der Waals surface area (Å²) in [5.74, 6) is 6.49. The summed E-state index contributed by atoms with van der Waals surface area (Å²) in [7, 11) is 0. The van der Waals surface area contributed by atoms with Crippen molar-refractivity contribution in [3.8, 4) is 0 Å². The van der Waals surface area contributed by atoms with Gasteiger partial charge in [-0.2, -0.15) is 0 Å². The molecule has 0 aliphatic heterocycles. The van der Waals surface area contributed by atoms with Crippen LogP contribution in [0.3, 0.4) is 0 Å². The maximum absolute atomic E-state index is 2.75. The Balaban J connectivity index is 1.50. The van der Waals surface area contributed by atoms with Crippen LogP contribution in [0.25, 0.3) is 0 Å². The van der Waals surface area contributed by atoms with E-state index in [1.165, 1.54) is 44.9 Å². The number of hydrogen-bond donors (Lipinski definition) is 0. The molecule has 0 bridgehead atoms. The molecule has 0 heterocycles. The topological polar surface area (TPSA) is 0 Å². The predicted molar refractivity (Wildman–Crippen MR) is 97.1 cm³/mol. The van der Waals surface area contributed by atoms with Crippen molar-refractivity contribution < 1.29 is 0 Å². The van der Waals surface area contributed by atoms with Crippen molar-refractivity contribution in [1.29, 1.82) is 0 Å². The fourth-order valence-corrected chi connectivity index (χ4v) is 8.67. The third kappa shape index (κ3) is 1.85. The van der Waals surface area contributed by atoms with Crippen molar-refractivity contribution in [2.75, 3.05) is 0 Å². The normalized spacial score (nSPS) is 56.9. The molecule has 0 aromatic carbocycles. The summed E-state index contributed by atoms with van der Waals surface area (Å²) >= 11 is 0. The second-order valence-corrected chi connectivity index (χ2v) is 10.4. The van der Waals surface area contributed by atoms with Gasteiger partial charge in [-0.3, -0.25) is 0 Å². The lowest BCUT2D eigenvalue weighted by Crippen LogP contribution is -2.50. The average Bonchev–Trinajstić information content (AvgIpc) is 3.26. The number of fused-ring (bicyclic) bond motifs is 7. The molecule has 128 valence electrons. The fraction of sp³-hybridized carbons (Fsp3) is 0.913. The minimum atomic E-state index is 0.593. The van der Waals surface area contributed by atoms with Crippen LogP contribution in [0.4, 0.5) is 0 Å². The van der Waals surface area contributed by atoms with Gasteiger partial charge in [0.2, 0.25) is 0 Å². The van der Waals surface area contributed by atoms with Gasteiger partial charge in [0, 0.05) is 0 Å². The SMILES string of the molecule is CCC[C@@H]1[C@H]2C[C@H]2[C@H]2[C@@H]3CC=C4CCCC[C@]4(C)[C@H]3CC[C@@]21C. The summed E-state index contributed by atoms with van der Waals surface area (Å²) in [5, 5.41) is 0. The molecular formula is C23H36. The van der Waals surface area contributed by atoms with E-state index in [-0.39, 0.29) is 0 Å². The van der Waals surface area contributed by atoms with Gasteiger partial charge in [-0.05, 0) is 97.7 Å². The van der Waals surface area contributed by atoms with Crippen LogP contribution in [0.1, 0.15) is 85.0 Å². The lowest BCUT2D eigenvalue weighted by molar-refractivity contribution is -0.0582. The number of hydrogen-bond acceptors (Lipinski definition) is 0. The molecule has 4 fully saturated rings. The second-order valence-electron chi connectivity index (χ2n) is 10.4. The van der Waals surface area contributed by atoms with Crippen LogP contribution in [0.15, 0.2) is 11.6 Å². The van der Waals surface area contributed by atoms with Crippen LogP contribution < -0.4 is 0 Å². The first-order valence-electron chi connectivity index (χ1n) is 10.8. The highest BCUT2D eigenvalue weighted by molar-refractivity contribution is 5.26. The van der Waals surface area contributed by atoms with Crippen molar-refractivity contribution in [3.63, 3.8) is 0 Å². The smallest absolute Gasteiger partial charge is 0.00853 e.